The summed E-state index contributed by atoms with van der Waals surface area (Å²) in [6.07, 6.45) is 0. The van der Waals surface area contributed by atoms with Crippen LogP contribution in [0.1, 0.15) is 4.88 Å². The highest BCUT2D eigenvalue weighted by molar-refractivity contribution is 9.11. The summed E-state index contributed by atoms with van der Waals surface area (Å²) >= 11 is 5.26. The standard InChI is InChI=1S/C10H15BrN4S/c11-9-2-1-8(16-9)7-14-3-5-15(6-4-14)10(12)13/h1-2H,3-7H2,(H3,12,13). The van der Waals surface area contributed by atoms with Crippen LogP contribution in [0.5, 0.6) is 0 Å². The van der Waals surface area contributed by atoms with Crippen molar-refractivity contribution in [2.24, 2.45) is 5.73 Å². The van der Waals surface area contributed by atoms with E-state index in [2.05, 4.69) is 33.0 Å². The zero-order chi connectivity index (χ0) is 11.5. The van der Waals surface area contributed by atoms with Gasteiger partial charge in [0, 0.05) is 37.6 Å². The predicted molar refractivity (Wildman–Crippen MR) is 70.8 cm³/mol. The molecule has 0 spiro atoms. The summed E-state index contributed by atoms with van der Waals surface area (Å²) in [7, 11) is 0. The Bertz CT molecular complexity index is 371. The third-order valence-electron chi connectivity index (χ3n) is 2.72. The third-order valence-corrected chi connectivity index (χ3v) is 4.33. The van der Waals surface area contributed by atoms with Crippen LogP contribution in [0.25, 0.3) is 0 Å². The lowest BCUT2D eigenvalue weighted by molar-refractivity contribution is 0.175. The lowest BCUT2D eigenvalue weighted by atomic mass is 10.3. The molecule has 1 aromatic heterocycles. The van der Waals surface area contributed by atoms with E-state index in [1.54, 1.807) is 11.3 Å². The van der Waals surface area contributed by atoms with Crippen molar-refractivity contribution in [3.8, 4) is 0 Å². The Kier molecular flexibility index (Phi) is 3.83. The Labute approximate surface area is 108 Å². The summed E-state index contributed by atoms with van der Waals surface area (Å²) in [5.74, 6) is 0.193. The molecule has 4 nitrogen and oxygen atoms in total. The summed E-state index contributed by atoms with van der Waals surface area (Å²) in [6.45, 7) is 4.69. The number of rotatable bonds is 2. The maximum atomic E-state index is 7.36. The number of nitrogens with two attached hydrogens (primary N) is 1. The minimum Gasteiger partial charge on any atom is -0.370 e. The lowest BCUT2D eigenvalue weighted by Gasteiger charge is -2.34. The van der Waals surface area contributed by atoms with Gasteiger partial charge in [0.25, 0.3) is 0 Å². The van der Waals surface area contributed by atoms with E-state index in [0.29, 0.717) is 0 Å². The van der Waals surface area contributed by atoms with Gasteiger partial charge in [0.15, 0.2) is 5.96 Å². The SMILES string of the molecule is N=C(N)N1CCN(Cc2ccc(Br)s2)CC1. The minimum absolute atomic E-state index is 0.193. The average molecular weight is 303 g/mol. The molecule has 0 saturated carbocycles. The number of piperazine rings is 1. The first-order valence-corrected chi connectivity index (χ1v) is 6.81. The van der Waals surface area contributed by atoms with Crippen LogP contribution in [0.3, 0.4) is 0 Å². The number of halogens is 1. The van der Waals surface area contributed by atoms with Crippen molar-refractivity contribution >= 4 is 33.2 Å². The van der Waals surface area contributed by atoms with E-state index in [4.69, 9.17) is 11.1 Å². The van der Waals surface area contributed by atoms with Crippen LogP contribution in [0, 0.1) is 5.41 Å². The second-order valence-corrected chi connectivity index (χ2v) is 6.40. The first-order chi connectivity index (χ1) is 7.65. The molecule has 1 aromatic rings. The summed E-state index contributed by atoms with van der Waals surface area (Å²) in [4.78, 5) is 5.70. The lowest BCUT2D eigenvalue weighted by Crippen LogP contribution is -2.50. The van der Waals surface area contributed by atoms with Gasteiger partial charge in [-0.15, -0.1) is 11.3 Å². The molecule has 2 rings (SSSR count). The van der Waals surface area contributed by atoms with E-state index in [9.17, 15) is 0 Å². The van der Waals surface area contributed by atoms with Crippen molar-refractivity contribution < 1.29 is 0 Å². The Balaban J connectivity index is 1.83. The smallest absolute Gasteiger partial charge is 0.188 e. The molecule has 2 heterocycles. The van der Waals surface area contributed by atoms with Crippen LogP contribution in [0.15, 0.2) is 15.9 Å². The average Bonchev–Trinajstić information content (AvgIpc) is 2.65. The molecule has 1 aliphatic rings. The van der Waals surface area contributed by atoms with Crippen molar-refractivity contribution in [2.45, 2.75) is 6.54 Å². The van der Waals surface area contributed by atoms with Crippen LogP contribution in [-0.2, 0) is 6.54 Å². The predicted octanol–water partition coefficient (Wildman–Crippen LogP) is 1.52. The second kappa shape index (κ2) is 5.16. The zero-order valence-corrected chi connectivity index (χ0v) is 11.4. The van der Waals surface area contributed by atoms with Gasteiger partial charge >= 0.3 is 0 Å². The van der Waals surface area contributed by atoms with Gasteiger partial charge in [-0.05, 0) is 28.1 Å². The van der Waals surface area contributed by atoms with Gasteiger partial charge < -0.3 is 10.6 Å². The van der Waals surface area contributed by atoms with Gasteiger partial charge in [0.05, 0.1) is 3.79 Å². The molecule has 6 heteroatoms. The first kappa shape index (κ1) is 11.9. The van der Waals surface area contributed by atoms with Crippen molar-refractivity contribution in [2.75, 3.05) is 26.2 Å². The number of thiophene rings is 1. The summed E-state index contributed by atoms with van der Waals surface area (Å²) < 4.78 is 1.19. The quantitative estimate of drug-likeness (QED) is 0.643. The third kappa shape index (κ3) is 2.96. The van der Waals surface area contributed by atoms with E-state index >= 15 is 0 Å². The molecule has 16 heavy (non-hydrogen) atoms. The first-order valence-electron chi connectivity index (χ1n) is 5.20. The van der Waals surface area contributed by atoms with Crippen LogP contribution >= 0.6 is 27.3 Å². The molecule has 0 aromatic carbocycles. The summed E-state index contributed by atoms with van der Waals surface area (Å²) in [5, 5.41) is 7.36. The molecule has 0 atom stereocenters. The van der Waals surface area contributed by atoms with E-state index in [1.807, 2.05) is 4.90 Å². The minimum atomic E-state index is 0.193. The van der Waals surface area contributed by atoms with Gasteiger partial charge in [-0.1, -0.05) is 0 Å². The van der Waals surface area contributed by atoms with E-state index in [0.717, 1.165) is 32.7 Å². The van der Waals surface area contributed by atoms with Crippen molar-refractivity contribution in [1.29, 1.82) is 5.41 Å². The van der Waals surface area contributed by atoms with Gasteiger partial charge in [0.2, 0.25) is 0 Å². The van der Waals surface area contributed by atoms with Gasteiger partial charge in [-0.25, -0.2) is 0 Å². The maximum absolute atomic E-state index is 7.36. The molecule has 0 radical (unpaired) electrons. The van der Waals surface area contributed by atoms with Gasteiger partial charge in [-0.3, -0.25) is 10.3 Å². The summed E-state index contributed by atoms with van der Waals surface area (Å²) in [5.41, 5.74) is 5.46. The molecule has 88 valence electrons. The number of guanidine groups is 1. The molecule has 0 aliphatic carbocycles. The highest BCUT2D eigenvalue weighted by Gasteiger charge is 2.17. The maximum Gasteiger partial charge on any atom is 0.188 e. The monoisotopic (exact) mass is 302 g/mol. The molecule has 0 bridgehead atoms. The molecule has 1 aliphatic heterocycles. The fraction of sp³-hybridized carbons (Fsp3) is 0.500. The van der Waals surface area contributed by atoms with E-state index in [1.165, 1.54) is 8.66 Å². The zero-order valence-electron chi connectivity index (χ0n) is 8.95. The Morgan fingerprint density at radius 1 is 1.38 bits per heavy atom. The molecule has 3 N–H and O–H groups in total. The number of hydrogen-bond donors (Lipinski definition) is 2. The molecule has 1 saturated heterocycles. The van der Waals surface area contributed by atoms with Crippen molar-refractivity contribution in [3.05, 3.63) is 20.8 Å². The largest absolute Gasteiger partial charge is 0.370 e. The van der Waals surface area contributed by atoms with Crippen molar-refractivity contribution in [1.82, 2.24) is 9.80 Å². The fourth-order valence-electron chi connectivity index (χ4n) is 1.80. The number of hydrogen-bond acceptors (Lipinski definition) is 3. The van der Waals surface area contributed by atoms with Crippen LogP contribution in [0.2, 0.25) is 0 Å². The highest BCUT2D eigenvalue weighted by Crippen LogP contribution is 2.23. The normalized spacial score (nSPS) is 17.7. The fourth-order valence-corrected chi connectivity index (χ4v) is 3.33. The second-order valence-electron chi connectivity index (χ2n) is 3.85. The molecular weight excluding hydrogens is 288 g/mol. The molecule has 1 fully saturated rings. The van der Waals surface area contributed by atoms with Gasteiger partial charge in [0.1, 0.15) is 0 Å². The number of nitrogens with zero attached hydrogens (tertiary/aromatic N) is 2. The van der Waals surface area contributed by atoms with Crippen LogP contribution in [0.4, 0.5) is 0 Å². The Hall–Kier alpha value is -0.590. The highest BCUT2D eigenvalue weighted by atomic mass is 79.9. The Morgan fingerprint density at radius 2 is 2.06 bits per heavy atom. The molecule has 0 amide bonds. The van der Waals surface area contributed by atoms with Gasteiger partial charge in [-0.2, -0.15) is 0 Å². The topological polar surface area (TPSA) is 56.4 Å². The Morgan fingerprint density at radius 3 is 2.56 bits per heavy atom. The summed E-state index contributed by atoms with van der Waals surface area (Å²) in [6, 6.07) is 4.25. The van der Waals surface area contributed by atoms with Crippen molar-refractivity contribution in [3.63, 3.8) is 0 Å². The number of nitrogens with one attached hydrogen (secondary N) is 1. The van der Waals surface area contributed by atoms with Crippen LogP contribution in [-0.4, -0.2) is 41.9 Å². The molecular formula is C10H15BrN4S. The van der Waals surface area contributed by atoms with Crippen LogP contribution < -0.4 is 5.73 Å². The molecule has 0 unspecified atom stereocenters. The van der Waals surface area contributed by atoms with E-state index < -0.39 is 0 Å². The van der Waals surface area contributed by atoms with E-state index in [-0.39, 0.29) is 5.96 Å².